The first-order chi connectivity index (χ1) is 14.3. The molecule has 0 spiro atoms. The van der Waals surface area contributed by atoms with Crippen LogP contribution in [0.2, 0.25) is 0 Å². The van der Waals surface area contributed by atoms with Gasteiger partial charge in [-0.05, 0) is 30.9 Å². The fraction of sp³-hybridized carbons (Fsp3) is 0.409. The van der Waals surface area contributed by atoms with Crippen molar-refractivity contribution in [3.05, 3.63) is 48.2 Å². The summed E-state index contributed by atoms with van der Waals surface area (Å²) >= 11 is 1.61. The minimum atomic E-state index is -0.258. The Morgan fingerprint density at radius 2 is 1.90 bits per heavy atom. The molecule has 1 N–H and O–H groups in total. The van der Waals surface area contributed by atoms with E-state index < -0.39 is 0 Å². The normalized spacial score (nSPS) is 17.8. The van der Waals surface area contributed by atoms with E-state index >= 15 is 0 Å². The minimum absolute atomic E-state index is 0.258. The van der Waals surface area contributed by atoms with Crippen molar-refractivity contribution in [2.24, 2.45) is 0 Å². The number of hydrogen-bond donors (Lipinski definition) is 1. The Kier molecular flexibility index (Phi) is 5.24. The molecular weight excluding hydrogens is 385 g/mol. The van der Waals surface area contributed by atoms with E-state index in [4.69, 9.17) is 4.98 Å². The molecule has 149 valence electrons. The summed E-state index contributed by atoms with van der Waals surface area (Å²) < 4.78 is 14.7. The number of halogens is 1. The second kappa shape index (κ2) is 8.16. The molecule has 0 atom stereocenters. The Morgan fingerprint density at radius 3 is 2.69 bits per heavy atom. The van der Waals surface area contributed by atoms with Crippen molar-refractivity contribution in [2.75, 3.05) is 31.1 Å². The van der Waals surface area contributed by atoms with Gasteiger partial charge in [0.15, 0.2) is 11.5 Å². The topological polar surface area (TPSA) is 53.9 Å². The molecule has 1 aliphatic carbocycles. The van der Waals surface area contributed by atoms with Crippen LogP contribution in [0, 0.1) is 12.1 Å². The SMILES string of the molecule is Fc1ccccc1-c1nc(N2CCNCC2)sc1-c1n[c]ncc1C1CCCC1. The minimum Gasteiger partial charge on any atom is -0.346 e. The zero-order chi connectivity index (χ0) is 19.6. The number of aromatic nitrogens is 3. The van der Waals surface area contributed by atoms with E-state index in [-0.39, 0.29) is 5.82 Å². The van der Waals surface area contributed by atoms with Crippen LogP contribution in [0.5, 0.6) is 0 Å². The second-order valence-electron chi connectivity index (χ2n) is 7.65. The zero-order valence-corrected chi connectivity index (χ0v) is 17.0. The van der Waals surface area contributed by atoms with E-state index in [0.717, 1.165) is 60.3 Å². The fourth-order valence-electron chi connectivity index (χ4n) is 4.32. The smallest absolute Gasteiger partial charge is 0.198 e. The summed E-state index contributed by atoms with van der Waals surface area (Å²) in [5.41, 5.74) is 3.21. The van der Waals surface area contributed by atoms with Gasteiger partial charge in [0.1, 0.15) is 5.82 Å². The Hall–Kier alpha value is -2.38. The van der Waals surface area contributed by atoms with Gasteiger partial charge in [0.05, 0.1) is 16.3 Å². The molecule has 1 aromatic carbocycles. The number of nitrogens with one attached hydrogen (secondary N) is 1. The van der Waals surface area contributed by atoms with Gasteiger partial charge in [0.2, 0.25) is 0 Å². The standard InChI is InChI=1S/C22H23FN5S/c23-18-8-4-3-7-16(18)20-21(29-22(27-20)28-11-9-24-10-12-28)19-17(13-25-14-26-19)15-5-1-2-6-15/h3-4,7-8,13,15,24H,1-2,5-6,9-12H2. The van der Waals surface area contributed by atoms with Crippen molar-refractivity contribution in [1.29, 1.82) is 0 Å². The quantitative estimate of drug-likeness (QED) is 0.699. The molecule has 3 heterocycles. The summed E-state index contributed by atoms with van der Waals surface area (Å²) in [6.45, 7) is 3.65. The molecule has 1 radical (unpaired) electrons. The maximum Gasteiger partial charge on any atom is 0.198 e. The van der Waals surface area contributed by atoms with Gasteiger partial charge in [-0.15, -0.1) is 0 Å². The molecule has 1 saturated heterocycles. The summed E-state index contributed by atoms with van der Waals surface area (Å²) in [7, 11) is 0. The van der Waals surface area contributed by atoms with Crippen LogP contribution in [0.3, 0.4) is 0 Å². The van der Waals surface area contributed by atoms with Crippen LogP contribution < -0.4 is 10.2 Å². The lowest BCUT2D eigenvalue weighted by Crippen LogP contribution is -2.43. The number of rotatable bonds is 4. The predicted octanol–water partition coefficient (Wildman–Crippen LogP) is 4.27. The largest absolute Gasteiger partial charge is 0.346 e. The first-order valence-corrected chi connectivity index (χ1v) is 11.1. The number of anilines is 1. The zero-order valence-electron chi connectivity index (χ0n) is 16.2. The molecule has 1 aliphatic heterocycles. The highest BCUT2D eigenvalue weighted by Gasteiger charge is 2.27. The molecule has 2 fully saturated rings. The van der Waals surface area contributed by atoms with E-state index in [9.17, 15) is 4.39 Å². The Morgan fingerprint density at radius 1 is 1.10 bits per heavy atom. The van der Waals surface area contributed by atoms with Crippen LogP contribution in [0.15, 0.2) is 30.5 Å². The molecule has 2 aliphatic rings. The van der Waals surface area contributed by atoms with Gasteiger partial charge in [0, 0.05) is 43.5 Å². The maximum absolute atomic E-state index is 14.7. The third-order valence-electron chi connectivity index (χ3n) is 5.84. The van der Waals surface area contributed by atoms with Crippen LogP contribution in [0.4, 0.5) is 9.52 Å². The molecule has 1 saturated carbocycles. The molecule has 0 amide bonds. The van der Waals surface area contributed by atoms with Crippen molar-refractivity contribution < 1.29 is 4.39 Å². The van der Waals surface area contributed by atoms with E-state index in [1.165, 1.54) is 18.9 Å². The molecule has 5 nitrogen and oxygen atoms in total. The fourth-order valence-corrected chi connectivity index (χ4v) is 5.46. The first-order valence-electron chi connectivity index (χ1n) is 10.3. The number of thiazole rings is 1. The maximum atomic E-state index is 14.7. The van der Waals surface area contributed by atoms with Gasteiger partial charge in [-0.3, -0.25) is 0 Å². The molecule has 5 rings (SSSR count). The molecule has 0 unspecified atom stereocenters. The molecule has 3 aromatic rings. The van der Waals surface area contributed by atoms with Crippen LogP contribution >= 0.6 is 11.3 Å². The monoisotopic (exact) mass is 408 g/mol. The van der Waals surface area contributed by atoms with Crippen LogP contribution in [0.1, 0.15) is 37.2 Å². The highest BCUT2D eigenvalue weighted by Crippen LogP contribution is 2.45. The highest BCUT2D eigenvalue weighted by atomic mass is 32.1. The van der Waals surface area contributed by atoms with E-state index in [0.29, 0.717) is 17.2 Å². The lowest BCUT2D eigenvalue weighted by Gasteiger charge is -2.26. The molecule has 29 heavy (non-hydrogen) atoms. The molecular formula is C22H23FN5S. The van der Waals surface area contributed by atoms with E-state index in [2.05, 4.69) is 26.5 Å². The van der Waals surface area contributed by atoms with E-state index in [1.54, 1.807) is 23.5 Å². The van der Waals surface area contributed by atoms with Crippen molar-refractivity contribution in [1.82, 2.24) is 20.3 Å². The average Bonchev–Trinajstić information content (AvgIpc) is 3.45. The summed E-state index contributed by atoms with van der Waals surface area (Å²) in [5.74, 6) is 0.198. The molecule has 0 bridgehead atoms. The predicted molar refractivity (Wildman–Crippen MR) is 114 cm³/mol. The first kappa shape index (κ1) is 18.6. The van der Waals surface area contributed by atoms with Crippen LogP contribution in [-0.4, -0.2) is 41.1 Å². The van der Waals surface area contributed by atoms with Gasteiger partial charge in [-0.25, -0.2) is 19.3 Å². The summed E-state index contributed by atoms with van der Waals surface area (Å²) in [5, 5.41) is 4.30. The second-order valence-corrected chi connectivity index (χ2v) is 8.62. The molecule has 2 aromatic heterocycles. The number of hydrogen-bond acceptors (Lipinski definition) is 6. The Balaban J connectivity index is 1.66. The summed E-state index contributed by atoms with van der Waals surface area (Å²) in [4.78, 5) is 16.8. The summed E-state index contributed by atoms with van der Waals surface area (Å²) in [6, 6.07) is 6.86. The van der Waals surface area contributed by atoms with Gasteiger partial charge >= 0.3 is 0 Å². The summed E-state index contributed by atoms with van der Waals surface area (Å²) in [6.07, 6.45) is 9.43. The van der Waals surface area contributed by atoms with Gasteiger partial charge in [-0.2, -0.15) is 0 Å². The van der Waals surface area contributed by atoms with Crippen molar-refractivity contribution in [3.8, 4) is 21.8 Å². The van der Waals surface area contributed by atoms with Crippen LogP contribution in [-0.2, 0) is 0 Å². The third-order valence-corrected chi connectivity index (χ3v) is 6.96. The lowest BCUT2D eigenvalue weighted by atomic mass is 9.96. The van der Waals surface area contributed by atoms with Crippen molar-refractivity contribution in [2.45, 2.75) is 31.6 Å². The van der Waals surface area contributed by atoms with Crippen molar-refractivity contribution >= 4 is 16.5 Å². The third kappa shape index (κ3) is 3.65. The highest BCUT2D eigenvalue weighted by molar-refractivity contribution is 7.19. The number of nitrogens with zero attached hydrogens (tertiary/aromatic N) is 4. The number of benzene rings is 1. The van der Waals surface area contributed by atoms with Gasteiger partial charge < -0.3 is 10.2 Å². The Labute approximate surface area is 174 Å². The van der Waals surface area contributed by atoms with Crippen molar-refractivity contribution in [3.63, 3.8) is 0 Å². The van der Waals surface area contributed by atoms with Gasteiger partial charge in [-0.1, -0.05) is 36.3 Å². The van der Waals surface area contributed by atoms with E-state index in [1.807, 2.05) is 12.3 Å². The number of piperazine rings is 1. The van der Waals surface area contributed by atoms with Gasteiger partial charge in [0.25, 0.3) is 0 Å². The lowest BCUT2D eigenvalue weighted by molar-refractivity contribution is 0.588. The molecule has 7 heteroatoms. The Bertz CT molecular complexity index is 992. The average molecular weight is 409 g/mol. The van der Waals surface area contributed by atoms with Crippen LogP contribution in [0.25, 0.3) is 21.8 Å².